The maximum atomic E-state index is 11.8. The van der Waals surface area contributed by atoms with Gasteiger partial charge in [-0.2, -0.15) is 0 Å². The Hall–Kier alpha value is -0.940. The SMILES string of the molecule is Cc1csc(NC(=O)[C@@H]2CCCNC2)n1. The zero-order chi connectivity index (χ0) is 10.7. The van der Waals surface area contributed by atoms with Crippen molar-refractivity contribution in [1.29, 1.82) is 0 Å². The number of carbonyl (C=O) groups excluding carboxylic acids is 1. The summed E-state index contributed by atoms with van der Waals surface area (Å²) < 4.78 is 0. The highest BCUT2D eigenvalue weighted by atomic mass is 32.1. The summed E-state index contributed by atoms with van der Waals surface area (Å²) in [5, 5.41) is 8.74. The lowest BCUT2D eigenvalue weighted by Crippen LogP contribution is -2.37. The van der Waals surface area contributed by atoms with E-state index in [9.17, 15) is 4.79 Å². The highest BCUT2D eigenvalue weighted by molar-refractivity contribution is 7.13. The number of thiazole rings is 1. The van der Waals surface area contributed by atoms with Crippen molar-refractivity contribution in [1.82, 2.24) is 10.3 Å². The van der Waals surface area contributed by atoms with E-state index in [1.54, 1.807) is 0 Å². The number of hydrogen-bond acceptors (Lipinski definition) is 4. The summed E-state index contributed by atoms with van der Waals surface area (Å²) in [7, 11) is 0. The summed E-state index contributed by atoms with van der Waals surface area (Å²) in [5.41, 5.74) is 0.956. The van der Waals surface area contributed by atoms with Crippen LogP contribution in [0.1, 0.15) is 18.5 Å². The third-order valence-corrected chi connectivity index (χ3v) is 3.39. The quantitative estimate of drug-likeness (QED) is 0.799. The van der Waals surface area contributed by atoms with Crippen molar-refractivity contribution in [3.63, 3.8) is 0 Å². The molecule has 1 aromatic heterocycles. The number of nitrogens with one attached hydrogen (secondary N) is 2. The molecule has 1 aromatic rings. The third kappa shape index (κ3) is 2.76. The predicted molar refractivity (Wildman–Crippen MR) is 61.1 cm³/mol. The lowest BCUT2D eigenvalue weighted by atomic mass is 9.99. The van der Waals surface area contributed by atoms with Crippen LogP contribution in [-0.2, 0) is 4.79 Å². The van der Waals surface area contributed by atoms with E-state index in [4.69, 9.17) is 0 Å². The minimum absolute atomic E-state index is 0.0940. The lowest BCUT2D eigenvalue weighted by molar-refractivity contribution is -0.120. The average molecular weight is 225 g/mol. The van der Waals surface area contributed by atoms with E-state index in [0.717, 1.165) is 31.6 Å². The second kappa shape index (κ2) is 4.72. The molecule has 2 heterocycles. The molecule has 0 aliphatic carbocycles. The zero-order valence-corrected chi connectivity index (χ0v) is 9.56. The van der Waals surface area contributed by atoms with Gasteiger partial charge in [0.1, 0.15) is 0 Å². The van der Waals surface area contributed by atoms with Gasteiger partial charge in [0, 0.05) is 11.9 Å². The highest BCUT2D eigenvalue weighted by Gasteiger charge is 2.21. The number of aromatic nitrogens is 1. The molecule has 1 fully saturated rings. The van der Waals surface area contributed by atoms with Crippen molar-refractivity contribution in [2.75, 3.05) is 18.4 Å². The zero-order valence-electron chi connectivity index (χ0n) is 8.75. The Morgan fingerprint density at radius 3 is 3.20 bits per heavy atom. The van der Waals surface area contributed by atoms with Crippen molar-refractivity contribution < 1.29 is 4.79 Å². The van der Waals surface area contributed by atoms with Crippen molar-refractivity contribution in [3.8, 4) is 0 Å². The van der Waals surface area contributed by atoms with Gasteiger partial charge >= 0.3 is 0 Å². The first-order valence-corrected chi connectivity index (χ1v) is 6.07. The first-order valence-electron chi connectivity index (χ1n) is 5.19. The predicted octanol–water partition coefficient (Wildman–Crippen LogP) is 1.39. The van der Waals surface area contributed by atoms with Gasteiger partial charge in [0.15, 0.2) is 5.13 Å². The van der Waals surface area contributed by atoms with E-state index in [1.807, 2.05) is 12.3 Å². The average Bonchev–Trinajstić information content (AvgIpc) is 2.65. The molecule has 1 aliphatic heterocycles. The minimum Gasteiger partial charge on any atom is -0.316 e. The number of rotatable bonds is 2. The second-order valence-corrected chi connectivity index (χ2v) is 4.68. The van der Waals surface area contributed by atoms with Crippen LogP contribution < -0.4 is 10.6 Å². The summed E-state index contributed by atoms with van der Waals surface area (Å²) in [6.45, 7) is 3.74. The van der Waals surface area contributed by atoms with Gasteiger partial charge in [0.05, 0.1) is 11.6 Å². The molecule has 0 spiro atoms. The number of piperidine rings is 1. The molecule has 0 bridgehead atoms. The Kier molecular flexibility index (Phi) is 3.33. The molecule has 0 unspecified atom stereocenters. The smallest absolute Gasteiger partial charge is 0.230 e. The van der Waals surface area contributed by atoms with Gasteiger partial charge < -0.3 is 10.6 Å². The van der Waals surface area contributed by atoms with Gasteiger partial charge in [-0.3, -0.25) is 4.79 Å². The molecule has 1 saturated heterocycles. The molecular formula is C10H15N3OS. The van der Waals surface area contributed by atoms with E-state index >= 15 is 0 Å². The monoisotopic (exact) mass is 225 g/mol. The maximum Gasteiger partial charge on any atom is 0.230 e. The minimum atomic E-state index is 0.0940. The Bertz CT molecular complexity index is 344. The normalized spacial score (nSPS) is 21.3. The van der Waals surface area contributed by atoms with Crippen LogP contribution in [0, 0.1) is 12.8 Å². The lowest BCUT2D eigenvalue weighted by Gasteiger charge is -2.21. The van der Waals surface area contributed by atoms with Gasteiger partial charge in [-0.1, -0.05) is 0 Å². The molecule has 2 rings (SSSR count). The molecule has 0 saturated carbocycles. The van der Waals surface area contributed by atoms with Crippen LogP contribution in [0.2, 0.25) is 0 Å². The summed E-state index contributed by atoms with van der Waals surface area (Å²) in [6.07, 6.45) is 2.05. The fraction of sp³-hybridized carbons (Fsp3) is 0.600. The summed E-state index contributed by atoms with van der Waals surface area (Å²) in [5.74, 6) is 0.194. The summed E-state index contributed by atoms with van der Waals surface area (Å²) >= 11 is 1.48. The molecule has 1 aliphatic rings. The molecule has 2 N–H and O–H groups in total. The number of anilines is 1. The summed E-state index contributed by atoms with van der Waals surface area (Å²) in [6, 6.07) is 0. The van der Waals surface area contributed by atoms with Crippen LogP contribution in [0.15, 0.2) is 5.38 Å². The number of amides is 1. The largest absolute Gasteiger partial charge is 0.316 e. The number of nitrogens with zero attached hydrogens (tertiary/aromatic N) is 1. The number of carbonyl (C=O) groups is 1. The van der Waals surface area contributed by atoms with Crippen molar-refractivity contribution in [3.05, 3.63) is 11.1 Å². The molecule has 4 nitrogen and oxygen atoms in total. The van der Waals surface area contributed by atoms with Crippen molar-refractivity contribution >= 4 is 22.4 Å². The fourth-order valence-electron chi connectivity index (χ4n) is 1.69. The van der Waals surface area contributed by atoms with Crippen molar-refractivity contribution in [2.45, 2.75) is 19.8 Å². The first-order chi connectivity index (χ1) is 7.25. The van der Waals surface area contributed by atoms with Crippen LogP contribution in [-0.4, -0.2) is 24.0 Å². The molecule has 0 radical (unpaired) electrons. The van der Waals surface area contributed by atoms with E-state index in [0.29, 0.717) is 5.13 Å². The van der Waals surface area contributed by atoms with Gasteiger partial charge in [0.2, 0.25) is 5.91 Å². The standard InChI is InChI=1S/C10H15N3OS/c1-7-6-15-10(12-7)13-9(14)8-3-2-4-11-5-8/h6,8,11H,2-5H2,1H3,(H,12,13,14)/t8-/m1/s1. The number of aryl methyl sites for hydroxylation is 1. The molecule has 15 heavy (non-hydrogen) atoms. The molecular weight excluding hydrogens is 210 g/mol. The molecule has 1 amide bonds. The maximum absolute atomic E-state index is 11.8. The van der Waals surface area contributed by atoms with Crippen LogP contribution in [0.25, 0.3) is 0 Å². The van der Waals surface area contributed by atoms with Crippen molar-refractivity contribution in [2.24, 2.45) is 5.92 Å². The van der Waals surface area contributed by atoms with Crippen LogP contribution >= 0.6 is 11.3 Å². The fourth-order valence-corrected chi connectivity index (χ4v) is 2.39. The Morgan fingerprint density at radius 1 is 1.73 bits per heavy atom. The summed E-state index contributed by atoms with van der Waals surface area (Å²) in [4.78, 5) is 16.0. The van der Waals surface area contributed by atoms with Gasteiger partial charge in [0.25, 0.3) is 0 Å². The Balaban J connectivity index is 1.91. The topological polar surface area (TPSA) is 54.0 Å². The molecule has 0 aromatic carbocycles. The molecule has 82 valence electrons. The first kappa shape index (κ1) is 10.6. The van der Waals surface area contributed by atoms with E-state index in [-0.39, 0.29) is 11.8 Å². The van der Waals surface area contributed by atoms with Gasteiger partial charge in [-0.05, 0) is 26.3 Å². The molecule has 1 atom stereocenters. The second-order valence-electron chi connectivity index (χ2n) is 3.83. The third-order valence-electron chi connectivity index (χ3n) is 2.52. The Labute approximate surface area is 93.1 Å². The number of hydrogen-bond donors (Lipinski definition) is 2. The van der Waals surface area contributed by atoms with Crippen LogP contribution in [0.4, 0.5) is 5.13 Å². The van der Waals surface area contributed by atoms with E-state index in [2.05, 4.69) is 15.6 Å². The van der Waals surface area contributed by atoms with Crippen LogP contribution in [0.5, 0.6) is 0 Å². The highest BCUT2D eigenvalue weighted by Crippen LogP contribution is 2.17. The van der Waals surface area contributed by atoms with E-state index in [1.165, 1.54) is 11.3 Å². The van der Waals surface area contributed by atoms with E-state index < -0.39 is 0 Å². The van der Waals surface area contributed by atoms with Gasteiger partial charge in [-0.25, -0.2) is 4.98 Å². The Morgan fingerprint density at radius 2 is 2.60 bits per heavy atom. The van der Waals surface area contributed by atoms with Crippen LogP contribution in [0.3, 0.4) is 0 Å². The van der Waals surface area contributed by atoms with Gasteiger partial charge in [-0.15, -0.1) is 11.3 Å². The molecule has 5 heteroatoms.